The SMILES string of the molecule is c1nc(-c2cncs2)co1. The highest BCUT2D eigenvalue weighted by atomic mass is 32.1. The normalized spacial score (nSPS) is 10.0. The summed E-state index contributed by atoms with van der Waals surface area (Å²) in [5.41, 5.74) is 2.62. The average molecular weight is 152 g/mol. The van der Waals surface area contributed by atoms with Crippen molar-refractivity contribution in [2.45, 2.75) is 0 Å². The molecule has 0 unspecified atom stereocenters. The van der Waals surface area contributed by atoms with Gasteiger partial charge in [-0.25, -0.2) is 4.98 Å². The molecule has 0 bridgehead atoms. The largest absolute Gasteiger partial charge is 0.451 e. The van der Waals surface area contributed by atoms with Gasteiger partial charge < -0.3 is 4.42 Å². The standard InChI is InChI=1S/C6H4N2OS/c1-6(10-4-7-1)5-2-9-3-8-5/h1-4H. The molecule has 2 rings (SSSR count). The summed E-state index contributed by atoms with van der Waals surface area (Å²) in [6, 6.07) is 0. The van der Waals surface area contributed by atoms with Crippen molar-refractivity contribution >= 4 is 11.3 Å². The first-order valence-electron chi connectivity index (χ1n) is 2.74. The second kappa shape index (κ2) is 2.22. The number of oxazole rings is 1. The van der Waals surface area contributed by atoms with Gasteiger partial charge in [0, 0.05) is 6.20 Å². The van der Waals surface area contributed by atoms with Crippen LogP contribution in [-0.4, -0.2) is 9.97 Å². The van der Waals surface area contributed by atoms with Crippen LogP contribution >= 0.6 is 11.3 Å². The lowest BCUT2D eigenvalue weighted by molar-refractivity contribution is 0.558. The van der Waals surface area contributed by atoms with Crippen LogP contribution in [0.3, 0.4) is 0 Å². The van der Waals surface area contributed by atoms with Crippen molar-refractivity contribution in [3.8, 4) is 10.6 Å². The van der Waals surface area contributed by atoms with Crippen LogP contribution in [-0.2, 0) is 0 Å². The molecule has 0 atom stereocenters. The first kappa shape index (κ1) is 5.61. The molecular formula is C6H4N2OS. The number of hydrogen-bond donors (Lipinski definition) is 0. The van der Waals surface area contributed by atoms with Gasteiger partial charge in [0.15, 0.2) is 6.39 Å². The Balaban J connectivity index is 2.48. The van der Waals surface area contributed by atoms with Gasteiger partial charge in [-0.15, -0.1) is 11.3 Å². The molecule has 2 aromatic rings. The van der Waals surface area contributed by atoms with E-state index in [9.17, 15) is 0 Å². The summed E-state index contributed by atoms with van der Waals surface area (Å²) in [7, 11) is 0. The first-order chi connectivity index (χ1) is 4.97. The van der Waals surface area contributed by atoms with E-state index < -0.39 is 0 Å². The van der Waals surface area contributed by atoms with E-state index >= 15 is 0 Å². The molecule has 10 heavy (non-hydrogen) atoms. The highest BCUT2D eigenvalue weighted by Crippen LogP contribution is 2.19. The Bertz CT molecular complexity index is 255. The Morgan fingerprint density at radius 3 is 3.10 bits per heavy atom. The summed E-state index contributed by atoms with van der Waals surface area (Å²) in [6.07, 6.45) is 4.78. The highest BCUT2D eigenvalue weighted by Gasteiger charge is 1.99. The summed E-state index contributed by atoms with van der Waals surface area (Å²) >= 11 is 1.55. The van der Waals surface area contributed by atoms with Crippen LogP contribution in [0, 0.1) is 0 Å². The lowest BCUT2D eigenvalue weighted by Gasteiger charge is -1.80. The summed E-state index contributed by atoms with van der Waals surface area (Å²) in [5, 5.41) is 0. The summed E-state index contributed by atoms with van der Waals surface area (Å²) < 4.78 is 4.81. The third-order valence-electron chi connectivity index (χ3n) is 1.12. The van der Waals surface area contributed by atoms with Gasteiger partial charge in [-0.1, -0.05) is 0 Å². The molecule has 2 aromatic heterocycles. The van der Waals surface area contributed by atoms with Crippen LogP contribution in [0.25, 0.3) is 10.6 Å². The zero-order valence-corrected chi connectivity index (χ0v) is 5.84. The summed E-state index contributed by atoms with van der Waals surface area (Å²) in [4.78, 5) is 8.91. The molecule has 0 saturated heterocycles. The van der Waals surface area contributed by atoms with Gasteiger partial charge >= 0.3 is 0 Å². The second-order valence-electron chi connectivity index (χ2n) is 1.74. The fourth-order valence-corrected chi connectivity index (χ4v) is 1.26. The minimum atomic E-state index is 0.850. The topological polar surface area (TPSA) is 38.9 Å². The van der Waals surface area contributed by atoms with E-state index in [0.717, 1.165) is 10.6 Å². The van der Waals surface area contributed by atoms with Crippen molar-refractivity contribution in [1.29, 1.82) is 0 Å². The molecular weight excluding hydrogens is 148 g/mol. The minimum Gasteiger partial charge on any atom is -0.451 e. The quantitative estimate of drug-likeness (QED) is 0.625. The predicted molar refractivity (Wildman–Crippen MR) is 37.6 cm³/mol. The van der Waals surface area contributed by atoms with Crippen LogP contribution in [0.1, 0.15) is 0 Å². The molecule has 0 fully saturated rings. The van der Waals surface area contributed by atoms with Gasteiger partial charge in [0.05, 0.1) is 10.4 Å². The maximum Gasteiger partial charge on any atom is 0.181 e. The average Bonchev–Trinajstić information content (AvgIpc) is 2.59. The van der Waals surface area contributed by atoms with E-state index in [1.165, 1.54) is 6.39 Å². The molecule has 0 aromatic carbocycles. The van der Waals surface area contributed by atoms with Crippen LogP contribution < -0.4 is 0 Å². The molecule has 0 saturated carbocycles. The van der Waals surface area contributed by atoms with Crippen molar-refractivity contribution in [3.05, 3.63) is 24.4 Å². The Labute approximate surface area is 61.4 Å². The van der Waals surface area contributed by atoms with Crippen molar-refractivity contribution in [1.82, 2.24) is 9.97 Å². The smallest absolute Gasteiger partial charge is 0.181 e. The minimum absolute atomic E-state index is 0.850. The number of nitrogens with zero attached hydrogens (tertiary/aromatic N) is 2. The van der Waals surface area contributed by atoms with Gasteiger partial charge in [0.25, 0.3) is 0 Å². The molecule has 0 aliphatic carbocycles. The lowest BCUT2D eigenvalue weighted by Crippen LogP contribution is -1.66. The Morgan fingerprint density at radius 1 is 1.50 bits per heavy atom. The molecule has 0 N–H and O–H groups in total. The molecule has 2 heterocycles. The van der Waals surface area contributed by atoms with Gasteiger partial charge in [-0.05, 0) is 0 Å². The monoisotopic (exact) mass is 152 g/mol. The van der Waals surface area contributed by atoms with Gasteiger partial charge in [0.1, 0.15) is 12.0 Å². The lowest BCUT2D eigenvalue weighted by atomic mass is 10.4. The summed E-state index contributed by atoms with van der Waals surface area (Å²) in [5.74, 6) is 0. The molecule has 0 spiro atoms. The second-order valence-corrected chi connectivity index (χ2v) is 2.63. The van der Waals surface area contributed by atoms with Crippen molar-refractivity contribution in [2.24, 2.45) is 0 Å². The molecule has 0 aliphatic rings. The zero-order valence-electron chi connectivity index (χ0n) is 5.02. The van der Waals surface area contributed by atoms with E-state index in [2.05, 4.69) is 9.97 Å². The number of thiazole rings is 1. The predicted octanol–water partition coefficient (Wildman–Crippen LogP) is 1.80. The van der Waals surface area contributed by atoms with E-state index in [1.54, 1.807) is 29.3 Å². The van der Waals surface area contributed by atoms with E-state index in [4.69, 9.17) is 4.42 Å². The van der Waals surface area contributed by atoms with Crippen LogP contribution in [0.5, 0.6) is 0 Å². The Morgan fingerprint density at radius 2 is 2.50 bits per heavy atom. The van der Waals surface area contributed by atoms with Gasteiger partial charge in [0.2, 0.25) is 0 Å². The fraction of sp³-hybridized carbons (Fsp3) is 0. The van der Waals surface area contributed by atoms with Crippen molar-refractivity contribution < 1.29 is 4.42 Å². The molecule has 0 aliphatic heterocycles. The molecule has 0 radical (unpaired) electrons. The highest BCUT2D eigenvalue weighted by molar-refractivity contribution is 7.13. The molecule has 3 nitrogen and oxygen atoms in total. The first-order valence-corrected chi connectivity index (χ1v) is 3.62. The van der Waals surface area contributed by atoms with E-state index in [0.29, 0.717) is 0 Å². The molecule has 0 amide bonds. The maximum atomic E-state index is 4.81. The summed E-state index contributed by atoms with van der Waals surface area (Å²) in [6.45, 7) is 0. The molecule has 4 heteroatoms. The maximum absolute atomic E-state index is 4.81. The van der Waals surface area contributed by atoms with Crippen molar-refractivity contribution in [2.75, 3.05) is 0 Å². The van der Waals surface area contributed by atoms with E-state index in [1.807, 2.05) is 0 Å². The van der Waals surface area contributed by atoms with Crippen LogP contribution in [0.2, 0.25) is 0 Å². The number of hydrogen-bond acceptors (Lipinski definition) is 4. The molecule has 50 valence electrons. The van der Waals surface area contributed by atoms with Crippen LogP contribution in [0.4, 0.5) is 0 Å². The fourth-order valence-electron chi connectivity index (χ4n) is 0.676. The van der Waals surface area contributed by atoms with Crippen molar-refractivity contribution in [3.63, 3.8) is 0 Å². The third kappa shape index (κ3) is 0.823. The number of rotatable bonds is 1. The van der Waals surface area contributed by atoms with E-state index in [-0.39, 0.29) is 0 Å². The Kier molecular flexibility index (Phi) is 1.25. The van der Waals surface area contributed by atoms with Crippen LogP contribution in [0.15, 0.2) is 28.8 Å². The number of aromatic nitrogens is 2. The van der Waals surface area contributed by atoms with Gasteiger partial charge in [-0.2, -0.15) is 0 Å². The third-order valence-corrected chi connectivity index (χ3v) is 1.91. The van der Waals surface area contributed by atoms with Gasteiger partial charge in [-0.3, -0.25) is 4.98 Å². The Hall–Kier alpha value is -1.16. The zero-order chi connectivity index (χ0) is 6.81.